The van der Waals surface area contributed by atoms with E-state index in [1.54, 1.807) is 9.80 Å². The van der Waals surface area contributed by atoms with Gasteiger partial charge in [0.2, 0.25) is 10.8 Å². The van der Waals surface area contributed by atoms with Gasteiger partial charge in [-0.2, -0.15) is 0 Å². The van der Waals surface area contributed by atoms with E-state index in [9.17, 15) is 9.59 Å². The minimum absolute atomic E-state index is 0.0536. The molecule has 0 aliphatic carbocycles. The Bertz CT molecular complexity index is 1160. The number of para-hydroxylation sites is 1. The van der Waals surface area contributed by atoms with Gasteiger partial charge in [-0.3, -0.25) is 14.5 Å². The third-order valence-electron chi connectivity index (χ3n) is 5.58. The third-order valence-corrected chi connectivity index (χ3v) is 7.22. The van der Waals surface area contributed by atoms with Gasteiger partial charge in [-0.15, -0.1) is 11.8 Å². The van der Waals surface area contributed by atoms with Gasteiger partial charge < -0.3 is 4.90 Å². The van der Waals surface area contributed by atoms with E-state index in [0.29, 0.717) is 11.6 Å². The van der Waals surface area contributed by atoms with Crippen LogP contribution in [0.2, 0.25) is 5.02 Å². The molecule has 1 unspecified atom stereocenters. The summed E-state index contributed by atoms with van der Waals surface area (Å²) in [6, 6.07) is 23.0. The Morgan fingerprint density at radius 2 is 1.77 bits per heavy atom. The van der Waals surface area contributed by atoms with E-state index in [1.807, 2.05) is 79.7 Å². The van der Waals surface area contributed by atoms with Crippen LogP contribution >= 0.6 is 23.4 Å². The first-order valence-corrected chi connectivity index (χ1v) is 11.1. The second-order valence-electron chi connectivity index (χ2n) is 7.54. The van der Waals surface area contributed by atoms with Crippen molar-refractivity contribution in [2.24, 2.45) is 0 Å². The first kappa shape index (κ1) is 19.2. The molecule has 30 heavy (non-hydrogen) atoms. The number of fused-ring (bicyclic) bond motifs is 2. The highest BCUT2D eigenvalue weighted by molar-refractivity contribution is 8.02. The fraction of sp³-hybridized carbons (Fsp3) is 0.167. The van der Waals surface area contributed by atoms with Gasteiger partial charge in [0, 0.05) is 16.3 Å². The van der Waals surface area contributed by atoms with Gasteiger partial charge in [0.05, 0.1) is 18.0 Å². The standard InChI is InChI=1S/C24H19ClN2O2S/c1-16-5-4-6-19(13-16)27-22(28)15-30-24(27)20-7-2-3-8-21(20)26(23(24)29)14-17-9-11-18(25)12-10-17/h2-13H,14-15H2,1H3. The number of amides is 2. The molecule has 150 valence electrons. The topological polar surface area (TPSA) is 40.6 Å². The van der Waals surface area contributed by atoms with Crippen LogP contribution in [0.1, 0.15) is 16.7 Å². The summed E-state index contributed by atoms with van der Waals surface area (Å²) in [6.07, 6.45) is 0. The lowest BCUT2D eigenvalue weighted by atomic mass is 10.0. The van der Waals surface area contributed by atoms with Crippen molar-refractivity contribution in [3.63, 3.8) is 0 Å². The minimum Gasteiger partial charge on any atom is -0.304 e. The summed E-state index contributed by atoms with van der Waals surface area (Å²) < 4.78 is 0. The normalized spacial score (nSPS) is 20.3. The molecule has 0 radical (unpaired) electrons. The lowest BCUT2D eigenvalue weighted by molar-refractivity contribution is -0.123. The number of rotatable bonds is 3. The summed E-state index contributed by atoms with van der Waals surface area (Å²) in [7, 11) is 0. The molecule has 0 bridgehead atoms. The van der Waals surface area contributed by atoms with Gasteiger partial charge >= 0.3 is 0 Å². The highest BCUT2D eigenvalue weighted by Gasteiger charge is 2.60. The number of aryl methyl sites for hydroxylation is 1. The molecule has 0 aromatic heterocycles. The average molecular weight is 435 g/mol. The zero-order chi connectivity index (χ0) is 20.9. The van der Waals surface area contributed by atoms with Crippen molar-refractivity contribution in [3.8, 4) is 0 Å². The highest BCUT2D eigenvalue weighted by Crippen LogP contribution is 2.55. The van der Waals surface area contributed by atoms with Crippen LogP contribution in [0.3, 0.4) is 0 Å². The molecular weight excluding hydrogens is 416 g/mol. The van der Waals surface area contributed by atoms with Crippen LogP contribution in [0.5, 0.6) is 0 Å². The maximum atomic E-state index is 14.0. The summed E-state index contributed by atoms with van der Waals surface area (Å²) in [6.45, 7) is 2.41. The van der Waals surface area contributed by atoms with Crippen LogP contribution in [-0.2, 0) is 21.0 Å². The van der Waals surface area contributed by atoms with Crippen molar-refractivity contribution in [2.45, 2.75) is 18.3 Å². The lowest BCUT2D eigenvalue weighted by Gasteiger charge is -2.33. The molecule has 2 heterocycles. The van der Waals surface area contributed by atoms with Crippen molar-refractivity contribution in [3.05, 3.63) is 94.5 Å². The van der Waals surface area contributed by atoms with Crippen LogP contribution in [0.4, 0.5) is 11.4 Å². The number of carbonyl (C=O) groups excluding carboxylic acids is 2. The van der Waals surface area contributed by atoms with E-state index in [4.69, 9.17) is 11.6 Å². The van der Waals surface area contributed by atoms with Gasteiger partial charge in [-0.05, 0) is 48.4 Å². The van der Waals surface area contributed by atoms with Crippen LogP contribution in [-0.4, -0.2) is 17.6 Å². The maximum absolute atomic E-state index is 14.0. The Kier molecular flexibility index (Phi) is 4.60. The molecule has 4 nitrogen and oxygen atoms in total. The van der Waals surface area contributed by atoms with Gasteiger partial charge in [0.25, 0.3) is 5.91 Å². The minimum atomic E-state index is -1.08. The fourth-order valence-electron chi connectivity index (χ4n) is 4.25. The predicted molar refractivity (Wildman–Crippen MR) is 122 cm³/mol. The van der Waals surface area contributed by atoms with E-state index in [0.717, 1.165) is 28.1 Å². The first-order valence-electron chi connectivity index (χ1n) is 9.70. The number of carbonyl (C=O) groups is 2. The van der Waals surface area contributed by atoms with E-state index in [2.05, 4.69) is 0 Å². The molecular formula is C24H19ClN2O2S. The molecule has 0 N–H and O–H groups in total. The maximum Gasteiger partial charge on any atom is 0.269 e. The first-order chi connectivity index (χ1) is 14.5. The Morgan fingerprint density at radius 1 is 1.00 bits per heavy atom. The summed E-state index contributed by atoms with van der Waals surface area (Å²) in [5, 5.41) is 0.658. The van der Waals surface area contributed by atoms with Crippen molar-refractivity contribution in [2.75, 3.05) is 15.6 Å². The number of nitrogens with zero attached hydrogens (tertiary/aromatic N) is 2. The number of benzene rings is 3. The number of anilines is 2. The molecule has 1 fully saturated rings. The van der Waals surface area contributed by atoms with E-state index >= 15 is 0 Å². The zero-order valence-electron chi connectivity index (χ0n) is 16.3. The van der Waals surface area contributed by atoms with Crippen LogP contribution in [0, 0.1) is 6.92 Å². The molecule has 3 aromatic carbocycles. The number of hydrogen-bond donors (Lipinski definition) is 0. The summed E-state index contributed by atoms with van der Waals surface area (Å²) in [5.41, 5.74) is 4.49. The van der Waals surface area contributed by atoms with E-state index < -0.39 is 4.87 Å². The van der Waals surface area contributed by atoms with Crippen molar-refractivity contribution in [1.29, 1.82) is 0 Å². The molecule has 1 atom stereocenters. The van der Waals surface area contributed by atoms with Gasteiger partial charge in [0.1, 0.15) is 0 Å². The molecule has 2 amide bonds. The third kappa shape index (κ3) is 2.84. The largest absolute Gasteiger partial charge is 0.304 e. The molecule has 5 rings (SSSR count). The van der Waals surface area contributed by atoms with Crippen LogP contribution < -0.4 is 9.80 Å². The van der Waals surface area contributed by atoms with Gasteiger partial charge in [-0.1, -0.05) is 54.1 Å². The molecule has 0 saturated carbocycles. The van der Waals surface area contributed by atoms with Gasteiger partial charge in [-0.25, -0.2) is 0 Å². The van der Waals surface area contributed by atoms with Gasteiger partial charge in [0.15, 0.2) is 0 Å². The molecule has 2 aliphatic rings. The van der Waals surface area contributed by atoms with Crippen molar-refractivity contribution >= 4 is 46.6 Å². The van der Waals surface area contributed by atoms with Crippen LogP contribution in [0.15, 0.2) is 72.8 Å². The van der Waals surface area contributed by atoms with Crippen molar-refractivity contribution in [1.82, 2.24) is 0 Å². The quantitative estimate of drug-likeness (QED) is 0.574. The number of thioether (sulfide) groups is 1. The summed E-state index contributed by atoms with van der Waals surface area (Å²) >= 11 is 7.43. The Morgan fingerprint density at radius 3 is 2.53 bits per heavy atom. The van der Waals surface area contributed by atoms with Crippen molar-refractivity contribution < 1.29 is 9.59 Å². The molecule has 1 saturated heterocycles. The zero-order valence-corrected chi connectivity index (χ0v) is 17.9. The van der Waals surface area contributed by atoms with E-state index in [1.165, 1.54) is 11.8 Å². The summed E-state index contributed by atoms with van der Waals surface area (Å²) in [5.74, 6) is 0.126. The number of hydrogen-bond acceptors (Lipinski definition) is 3. The smallest absolute Gasteiger partial charge is 0.269 e. The SMILES string of the molecule is Cc1cccc(N2C(=O)CSC23C(=O)N(Cc2ccc(Cl)cc2)c2ccccc23)c1. The van der Waals surface area contributed by atoms with Crippen LogP contribution in [0.25, 0.3) is 0 Å². The second kappa shape index (κ2) is 7.18. The molecule has 1 spiro atoms. The second-order valence-corrected chi connectivity index (χ2v) is 9.14. The molecule has 6 heteroatoms. The lowest BCUT2D eigenvalue weighted by Crippen LogP contribution is -2.49. The Labute approximate surface area is 184 Å². The Hall–Kier alpha value is -2.76. The average Bonchev–Trinajstić information content (AvgIpc) is 3.21. The highest BCUT2D eigenvalue weighted by atomic mass is 35.5. The fourth-order valence-corrected chi connectivity index (χ4v) is 5.74. The molecule has 2 aliphatic heterocycles. The monoisotopic (exact) mass is 434 g/mol. The van der Waals surface area contributed by atoms with E-state index in [-0.39, 0.29) is 17.6 Å². The predicted octanol–water partition coefficient (Wildman–Crippen LogP) is 5.13. The summed E-state index contributed by atoms with van der Waals surface area (Å²) in [4.78, 5) is 29.4. The Balaban J connectivity index is 1.64. The molecule has 3 aromatic rings. The number of halogens is 1.